The average Bonchev–Trinajstić information content (AvgIpc) is 2.48. The quantitative estimate of drug-likeness (QED) is 0.788. The predicted octanol–water partition coefficient (Wildman–Crippen LogP) is 3.37. The molecule has 0 bridgehead atoms. The third kappa shape index (κ3) is 2.16. The van der Waals surface area contributed by atoms with Crippen molar-refractivity contribution in [3.8, 4) is 0 Å². The third-order valence-corrected chi connectivity index (χ3v) is 3.29. The Morgan fingerprint density at radius 2 is 1.85 bits per heavy atom. The van der Waals surface area contributed by atoms with Gasteiger partial charge in [0, 0.05) is 11.9 Å². The van der Waals surface area contributed by atoms with Crippen LogP contribution in [0.1, 0.15) is 6.92 Å². The SMILES string of the molecule is CCN(c1cncc(N)n1)c1cccc2ccccc12. The molecule has 100 valence electrons. The molecule has 0 unspecified atom stereocenters. The van der Waals surface area contributed by atoms with Crippen molar-refractivity contribution >= 4 is 28.1 Å². The average molecular weight is 264 g/mol. The topological polar surface area (TPSA) is 55.0 Å². The van der Waals surface area contributed by atoms with Crippen molar-refractivity contribution in [2.45, 2.75) is 6.92 Å². The van der Waals surface area contributed by atoms with Crippen LogP contribution in [0, 0.1) is 0 Å². The van der Waals surface area contributed by atoms with Crippen molar-refractivity contribution < 1.29 is 0 Å². The van der Waals surface area contributed by atoms with Gasteiger partial charge in [-0.3, -0.25) is 4.98 Å². The summed E-state index contributed by atoms with van der Waals surface area (Å²) in [6, 6.07) is 14.6. The van der Waals surface area contributed by atoms with E-state index in [4.69, 9.17) is 5.73 Å². The summed E-state index contributed by atoms with van der Waals surface area (Å²) in [7, 11) is 0. The molecular weight excluding hydrogens is 248 g/mol. The summed E-state index contributed by atoms with van der Waals surface area (Å²) in [6.45, 7) is 2.89. The number of nitrogen functional groups attached to an aromatic ring is 1. The van der Waals surface area contributed by atoms with Crippen molar-refractivity contribution in [3.05, 3.63) is 54.9 Å². The van der Waals surface area contributed by atoms with E-state index < -0.39 is 0 Å². The zero-order valence-corrected chi connectivity index (χ0v) is 11.3. The van der Waals surface area contributed by atoms with Crippen molar-refractivity contribution in [2.75, 3.05) is 17.2 Å². The molecule has 3 aromatic rings. The maximum Gasteiger partial charge on any atom is 0.153 e. The van der Waals surface area contributed by atoms with Gasteiger partial charge in [-0.25, -0.2) is 4.98 Å². The zero-order valence-electron chi connectivity index (χ0n) is 11.3. The van der Waals surface area contributed by atoms with E-state index in [1.54, 1.807) is 12.4 Å². The minimum Gasteiger partial charge on any atom is -0.382 e. The Hall–Kier alpha value is -2.62. The van der Waals surface area contributed by atoms with Gasteiger partial charge in [0.15, 0.2) is 5.82 Å². The highest BCUT2D eigenvalue weighted by atomic mass is 15.2. The van der Waals surface area contributed by atoms with E-state index in [-0.39, 0.29) is 0 Å². The number of nitrogens with two attached hydrogens (primary N) is 1. The molecule has 0 aliphatic carbocycles. The molecule has 0 aliphatic rings. The first kappa shape index (κ1) is 12.4. The lowest BCUT2D eigenvalue weighted by atomic mass is 10.1. The van der Waals surface area contributed by atoms with Crippen molar-refractivity contribution in [1.82, 2.24) is 9.97 Å². The molecule has 4 nitrogen and oxygen atoms in total. The van der Waals surface area contributed by atoms with E-state index in [9.17, 15) is 0 Å². The molecule has 0 aliphatic heterocycles. The summed E-state index contributed by atoms with van der Waals surface area (Å²) in [5.74, 6) is 1.20. The molecule has 20 heavy (non-hydrogen) atoms. The number of hydrogen-bond acceptors (Lipinski definition) is 4. The molecule has 3 rings (SSSR count). The first-order valence-corrected chi connectivity index (χ1v) is 6.62. The van der Waals surface area contributed by atoms with Gasteiger partial charge in [0.25, 0.3) is 0 Å². The Morgan fingerprint density at radius 1 is 1.05 bits per heavy atom. The molecule has 2 N–H and O–H groups in total. The molecule has 0 saturated heterocycles. The van der Waals surface area contributed by atoms with Gasteiger partial charge >= 0.3 is 0 Å². The van der Waals surface area contributed by atoms with E-state index in [1.807, 2.05) is 12.1 Å². The van der Waals surface area contributed by atoms with Gasteiger partial charge in [-0.2, -0.15) is 0 Å². The molecule has 0 saturated carbocycles. The Kier molecular flexibility index (Phi) is 3.21. The maximum absolute atomic E-state index is 5.74. The highest BCUT2D eigenvalue weighted by molar-refractivity contribution is 5.95. The van der Waals surface area contributed by atoms with Gasteiger partial charge in [-0.05, 0) is 18.4 Å². The number of hydrogen-bond donors (Lipinski definition) is 1. The van der Waals surface area contributed by atoms with Gasteiger partial charge in [0.1, 0.15) is 5.82 Å². The molecule has 0 atom stereocenters. The van der Waals surface area contributed by atoms with Crippen LogP contribution in [0.2, 0.25) is 0 Å². The fraction of sp³-hybridized carbons (Fsp3) is 0.125. The van der Waals surface area contributed by atoms with Gasteiger partial charge in [0.05, 0.1) is 18.1 Å². The number of rotatable bonds is 3. The van der Waals surface area contributed by atoms with E-state index in [0.29, 0.717) is 5.82 Å². The molecule has 0 amide bonds. The van der Waals surface area contributed by atoms with Crippen LogP contribution in [-0.2, 0) is 0 Å². The number of nitrogens with zero attached hydrogens (tertiary/aromatic N) is 3. The van der Waals surface area contributed by atoms with Crippen LogP contribution >= 0.6 is 0 Å². The van der Waals surface area contributed by atoms with Gasteiger partial charge in [0.2, 0.25) is 0 Å². The smallest absolute Gasteiger partial charge is 0.153 e. The standard InChI is InChI=1S/C16H16N4/c1-2-20(16-11-18-10-15(17)19-16)14-9-5-7-12-6-3-4-8-13(12)14/h3-11H,2H2,1H3,(H2,17,19). The lowest BCUT2D eigenvalue weighted by molar-refractivity contribution is 0.984. The van der Waals surface area contributed by atoms with E-state index >= 15 is 0 Å². The van der Waals surface area contributed by atoms with Crippen LogP contribution in [0.5, 0.6) is 0 Å². The van der Waals surface area contributed by atoms with Crippen molar-refractivity contribution in [3.63, 3.8) is 0 Å². The lowest BCUT2D eigenvalue weighted by Gasteiger charge is -2.23. The van der Waals surface area contributed by atoms with Crippen LogP contribution in [0.25, 0.3) is 10.8 Å². The lowest BCUT2D eigenvalue weighted by Crippen LogP contribution is -2.18. The Bertz CT molecular complexity index is 734. The molecular formula is C16H16N4. The molecule has 0 fully saturated rings. The summed E-state index contributed by atoms with van der Waals surface area (Å²) in [5.41, 5.74) is 6.86. The summed E-state index contributed by atoms with van der Waals surface area (Å²) in [5, 5.41) is 2.40. The molecule has 1 heterocycles. The predicted molar refractivity (Wildman–Crippen MR) is 83.1 cm³/mol. The summed E-state index contributed by atoms with van der Waals surface area (Å²) >= 11 is 0. The van der Waals surface area contributed by atoms with E-state index in [0.717, 1.165) is 18.1 Å². The van der Waals surface area contributed by atoms with Gasteiger partial charge < -0.3 is 10.6 Å². The molecule has 1 aromatic heterocycles. The van der Waals surface area contributed by atoms with Crippen LogP contribution in [0.15, 0.2) is 54.9 Å². The second-order valence-corrected chi connectivity index (χ2v) is 4.54. The van der Waals surface area contributed by atoms with E-state index in [1.165, 1.54) is 10.8 Å². The third-order valence-electron chi connectivity index (χ3n) is 3.29. The Balaban J connectivity index is 2.17. The molecule has 2 aromatic carbocycles. The molecule has 0 radical (unpaired) electrons. The number of aromatic nitrogens is 2. The van der Waals surface area contributed by atoms with Crippen molar-refractivity contribution in [2.24, 2.45) is 0 Å². The molecule has 0 spiro atoms. The Labute approximate surface area is 117 Å². The normalized spacial score (nSPS) is 10.7. The fourth-order valence-electron chi connectivity index (χ4n) is 2.40. The van der Waals surface area contributed by atoms with Crippen LogP contribution in [-0.4, -0.2) is 16.5 Å². The highest BCUT2D eigenvalue weighted by Gasteiger charge is 2.12. The van der Waals surface area contributed by atoms with Crippen LogP contribution in [0.4, 0.5) is 17.3 Å². The zero-order chi connectivity index (χ0) is 13.9. The monoisotopic (exact) mass is 264 g/mol. The number of benzene rings is 2. The molecule has 4 heteroatoms. The highest BCUT2D eigenvalue weighted by Crippen LogP contribution is 2.30. The Morgan fingerprint density at radius 3 is 2.65 bits per heavy atom. The first-order valence-electron chi connectivity index (χ1n) is 6.62. The van der Waals surface area contributed by atoms with Crippen molar-refractivity contribution in [1.29, 1.82) is 0 Å². The van der Waals surface area contributed by atoms with Crippen LogP contribution in [0.3, 0.4) is 0 Å². The maximum atomic E-state index is 5.74. The second kappa shape index (κ2) is 5.17. The minimum absolute atomic E-state index is 0.432. The fourth-order valence-corrected chi connectivity index (χ4v) is 2.40. The largest absolute Gasteiger partial charge is 0.382 e. The van der Waals surface area contributed by atoms with E-state index in [2.05, 4.69) is 52.1 Å². The second-order valence-electron chi connectivity index (χ2n) is 4.54. The minimum atomic E-state index is 0.432. The van der Waals surface area contributed by atoms with Gasteiger partial charge in [-0.15, -0.1) is 0 Å². The summed E-state index contributed by atoms with van der Waals surface area (Å²) < 4.78 is 0. The van der Waals surface area contributed by atoms with Crippen LogP contribution < -0.4 is 10.6 Å². The first-order chi connectivity index (χ1) is 9.79. The number of anilines is 3. The summed E-state index contributed by atoms with van der Waals surface area (Å²) in [4.78, 5) is 10.6. The van der Waals surface area contributed by atoms with Gasteiger partial charge in [-0.1, -0.05) is 36.4 Å². The summed E-state index contributed by atoms with van der Waals surface area (Å²) in [6.07, 6.45) is 3.29. The number of fused-ring (bicyclic) bond motifs is 1.